The van der Waals surface area contributed by atoms with Crippen LogP contribution in [-0.4, -0.2) is 41.6 Å². The molecule has 0 bridgehead atoms. The monoisotopic (exact) mass is 395 g/mol. The number of aryl methyl sites for hydroxylation is 1. The van der Waals surface area contributed by atoms with E-state index in [1.54, 1.807) is 0 Å². The molecule has 1 atom stereocenters. The van der Waals surface area contributed by atoms with E-state index in [4.69, 9.17) is 21.3 Å². The summed E-state index contributed by atoms with van der Waals surface area (Å²) in [7, 11) is 2.19. The molecule has 0 amide bonds. The van der Waals surface area contributed by atoms with Gasteiger partial charge in [0.15, 0.2) is 0 Å². The molecule has 0 saturated carbocycles. The Kier molecular flexibility index (Phi) is 5.69. The number of hydrogen-bond donors (Lipinski definition) is 1. The van der Waals surface area contributed by atoms with Crippen molar-refractivity contribution in [3.63, 3.8) is 0 Å². The van der Waals surface area contributed by atoms with Gasteiger partial charge in [0.1, 0.15) is 11.6 Å². The number of aromatic amines is 1. The van der Waals surface area contributed by atoms with E-state index in [-0.39, 0.29) is 0 Å². The number of rotatable bonds is 5. The molecule has 28 heavy (non-hydrogen) atoms. The van der Waals surface area contributed by atoms with E-state index in [1.165, 1.54) is 19.4 Å². The van der Waals surface area contributed by atoms with Crippen molar-refractivity contribution in [3.8, 4) is 28.4 Å². The normalized spacial score (nSPS) is 17.6. The second-order valence-corrected chi connectivity index (χ2v) is 8.11. The molecule has 1 aliphatic rings. The molecule has 2 heterocycles. The second-order valence-electron chi connectivity index (χ2n) is 7.67. The molecule has 5 heteroatoms. The topological polar surface area (TPSA) is 41.1 Å². The van der Waals surface area contributed by atoms with Gasteiger partial charge in [-0.2, -0.15) is 0 Å². The SMILES string of the molecule is Cc1[nH]c(-c2ccc(OCC3CCCN(C)C3)cc2)nc1-c1ccc(Cl)cc1. The predicted molar refractivity (Wildman–Crippen MR) is 115 cm³/mol. The second kappa shape index (κ2) is 8.38. The van der Waals surface area contributed by atoms with E-state index in [1.807, 2.05) is 43.3 Å². The molecular formula is C23H26ClN3O. The van der Waals surface area contributed by atoms with Gasteiger partial charge >= 0.3 is 0 Å². The number of H-pyrrole nitrogens is 1. The van der Waals surface area contributed by atoms with Crippen molar-refractivity contribution in [1.29, 1.82) is 0 Å². The van der Waals surface area contributed by atoms with Crippen molar-refractivity contribution in [3.05, 3.63) is 59.2 Å². The number of nitrogens with one attached hydrogen (secondary N) is 1. The van der Waals surface area contributed by atoms with Gasteiger partial charge in [0.05, 0.1) is 12.3 Å². The third kappa shape index (κ3) is 4.40. The maximum absolute atomic E-state index is 6.02. The summed E-state index contributed by atoms with van der Waals surface area (Å²) in [5.74, 6) is 2.40. The maximum Gasteiger partial charge on any atom is 0.138 e. The molecule has 4 nitrogen and oxygen atoms in total. The Balaban J connectivity index is 1.44. The smallest absolute Gasteiger partial charge is 0.138 e. The van der Waals surface area contributed by atoms with Gasteiger partial charge in [-0.15, -0.1) is 0 Å². The Bertz CT molecular complexity index is 918. The van der Waals surface area contributed by atoms with E-state index in [2.05, 4.69) is 29.1 Å². The Morgan fingerprint density at radius 1 is 1.11 bits per heavy atom. The van der Waals surface area contributed by atoms with Gasteiger partial charge in [0.25, 0.3) is 0 Å². The lowest BCUT2D eigenvalue weighted by Gasteiger charge is -2.29. The molecule has 1 fully saturated rings. The average Bonchev–Trinajstić information content (AvgIpc) is 3.09. The summed E-state index contributed by atoms with van der Waals surface area (Å²) < 4.78 is 6.02. The fraction of sp³-hybridized carbons (Fsp3) is 0.348. The van der Waals surface area contributed by atoms with Crippen LogP contribution in [0.3, 0.4) is 0 Å². The Labute approximate surface area is 171 Å². The first-order valence-corrected chi connectivity index (χ1v) is 10.2. The van der Waals surface area contributed by atoms with Crippen molar-refractivity contribution in [2.24, 2.45) is 5.92 Å². The number of piperidine rings is 1. The number of benzene rings is 2. The number of halogens is 1. The van der Waals surface area contributed by atoms with E-state index in [0.717, 1.165) is 52.3 Å². The lowest BCUT2D eigenvalue weighted by Crippen LogP contribution is -2.34. The number of ether oxygens (including phenoxy) is 1. The quantitative estimate of drug-likeness (QED) is 0.626. The van der Waals surface area contributed by atoms with Gasteiger partial charge in [0.2, 0.25) is 0 Å². The van der Waals surface area contributed by atoms with Gasteiger partial charge < -0.3 is 14.6 Å². The minimum atomic E-state index is 0.619. The van der Waals surface area contributed by atoms with Crippen LogP contribution in [0.4, 0.5) is 0 Å². The van der Waals surface area contributed by atoms with Crippen LogP contribution in [0.15, 0.2) is 48.5 Å². The largest absolute Gasteiger partial charge is 0.493 e. The van der Waals surface area contributed by atoms with E-state index >= 15 is 0 Å². The average molecular weight is 396 g/mol. The van der Waals surface area contributed by atoms with Crippen LogP contribution in [0.2, 0.25) is 5.02 Å². The van der Waals surface area contributed by atoms with Gasteiger partial charge in [-0.25, -0.2) is 4.98 Å². The molecule has 146 valence electrons. The standard InChI is InChI=1S/C23H26ClN3O/c1-16-22(18-5-9-20(24)10-6-18)26-23(25-16)19-7-11-21(12-8-19)28-15-17-4-3-13-27(2)14-17/h5-12,17H,3-4,13-15H2,1-2H3,(H,25,26). The summed E-state index contributed by atoms with van der Waals surface area (Å²) in [5, 5.41) is 0.729. The summed E-state index contributed by atoms with van der Waals surface area (Å²) in [6.45, 7) is 5.15. The Hall–Kier alpha value is -2.30. The van der Waals surface area contributed by atoms with Crippen LogP contribution in [0.1, 0.15) is 18.5 Å². The lowest BCUT2D eigenvalue weighted by molar-refractivity contribution is 0.150. The summed E-state index contributed by atoms with van der Waals surface area (Å²) in [6.07, 6.45) is 2.51. The van der Waals surface area contributed by atoms with E-state index < -0.39 is 0 Å². The molecule has 1 aromatic heterocycles. The van der Waals surface area contributed by atoms with Crippen LogP contribution in [0.5, 0.6) is 5.75 Å². The van der Waals surface area contributed by atoms with Gasteiger partial charge in [-0.05, 0) is 69.8 Å². The zero-order valence-electron chi connectivity index (χ0n) is 16.4. The fourth-order valence-electron chi connectivity index (χ4n) is 3.82. The first-order chi connectivity index (χ1) is 13.6. The minimum absolute atomic E-state index is 0.619. The molecule has 0 aliphatic carbocycles. The van der Waals surface area contributed by atoms with Crippen LogP contribution in [0.25, 0.3) is 22.6 Å². The highest BCUT2D eigenvalue weighted by Crippen LogP contribution is 2.28. The number of hydrogen-bond acceptors (Lipinski definition) is 3. The fourth-order valence-corrected chi connectivity index (χ4v) is 3.94. The predicted octanol–water partition coefficient (Wildman–Crippen LogP) is 5.43. The Morgan fingerprint density at radius 2 is 1.82 bits per heavy atom. The zero-order chi connectivity index (χ0) is 19.5. The van der Waals surface area contributed by atoms with Crippen LogP contribution >= 0.6 is 11.6 Å². The van der Waals surface area contributed by atoms with Crippen LogP contribution < -0.4 is 4.74 Å². The molecule has 0 spiro atoms. The molecule has 3 aromatic rings. The number of imidazole rings is 1. The Morgan fingerprint density at radius 3 is 2.54 bits per heavy atom. The van der Waals surface area contributed by atoms with Crippen LogP contribution in [0, 0.1) is 12.8 Å². The lowest BCUT2D eigenvalue weighted by atomic mass is 10.00. The highest BCUT2D eigenvalue weighted by Gasteiger charge is 2.17. The summed E-state index contributed by atoms with van der Waals surface area (Å²) in [5.41, 5.74) is 4.10. The summed E-state index contributed by atoms with van der Waals surface area (Å²) >= 11 is 5.99. The van der Waals surface area contributed by atoms with Crippen molar-refractivity contribution in [2.75, 3.05) is 26.7 Å². The molecule has 1 N–H and O–H groups in total. The third-order valence-electron chi connectivity index (χ3n) is 5.34. The van der Waals surface area contributed by atoms with Crippen LogP contribution in [-0.2, 0) is 0 Å². The zero-order valence-corrected chi connectivity index (χ0v) is 17.2. The summed E-state index contributed by atoms with van der Waals surface area (Å²) in [6, 6.07) is 16.0. The molecule has 4 rings (SSSR count). The highest BCUT2D eigenvalue weighted by atomic mass is 35.5. The van der Waals surface area contributed by atoms with Gasteiger partial charge in [-0.3, -0.25) is 0 Å². The van der Waals surface area contributed by atoms with Crippen molar-refractivity contribution >= 4 is 11.6 Å². The third-order valence-corrected chi connectivity index (χ3v) is 5.59. The molecule has 2 aromatic carbocycles. The van der Waals surface area contributed by atoms with Gasteiger partial charge in [-0.1, -0.05) is 23.7 Å². The first kappa shape index (κ1) is 19.0. The molecule has 0 radical (unpaired) electrons. The molecule has 1 saturated heterocycles. The maximum atomic E-state index is 6.02. The highest BCUT2D eigenvalue weighted by molar-refractivity contribution is 6.30. The van der Waals surface area contributed by atoms with Crippen molar-refractivity contribution in [1.82, 2.24) is 14.9 Å². The number of nitrogens with zero attached hydrogens (tertiary/aromatic N) is 2. The van der Waals surface area contributed by atoms with Crippen molar-refractivity contribution in [2.45, 2.75) is 19.8 Å². The van der Waals surface area contributed by atoms with E-state index in [0.29, 0.717) is 5.92 Å². The number of aromatic nitrogens is 2. The van der Waals surface area contributed by atoms with Gasteiger partial charge in [0, 0.05) is 34.3 Å². The van der Waals surface area contributed by atoms with E-state index in [9.17, 15) is 0 Å². The number of likely N-dealkylation sites (tertiary alicyclic amines) is 1. The molecule has 1 unspecified atom stereocenters. The molecular weight excluding hydrogens is 370 g/mol. The molecule has 1 aliphatic heterocycles. The van der Waals surface area contributed by atoms with Crippen molar-refractivity contribution < 1.29 is 4.74 Å². The summed E-state index contributed by atoms with van der Waals surface area (Å²) in [4.78, 5) is 10.6. The first-order valence-electron chi connectivity index (χ1n) is 9.83. The minimum Gasteiger partial charge on any atom is -0.493 e.